The number of anilines is 1. The normalized spacial score (nSPS) is 10.4. The van der Waals surface area contributed by atoms with E-state index in [2.05, 4.69) is 41.8 Å². The minimum Gasteiger partial charge on any atom is -0.455 e. The van der Waals surface area contributed by atoms with Gasteiger partial charge in [-0.2, -0.15) is 0 Å². The lowest BCUT2D eigenvalue weighted by atomic mass is 10.1. The van der Waals surface area contributed by atoms with E-state index in [9.17, 15) is 4.79 Å². The maximum absolute atomic E-state index is 12.3. The summed E-state index contributed by atoms with van der Waals surface area (Å²) in [6, 6.07) is 25.4. The molecule has 138 valence electrons. The molecule has 4 nitrogen and oxygen atoms in total. The number of hydrogen-bond acceptors (Lipinski definition) is 3. The Labute approximate surface area is 160 Å². The van der Waals surface area contributed by atoms with Crippen LogP contribution in [0.15, 0.2) is 78.9 Å². The molecule has 0 radical (unpaired) electrons. The third-order valence-corrected chi connectivity index (χ3v) is 4.11. The summed E-state index contributed by atoms with van der Waals surface area (Å²) in [6.07, 6.45) is 0.394. The number of aryl methyl sites for hydroxylation is 1. The van der Waals surface area contributed by atoms with Crippen molar-refractivity contribution in [3.8, 4) is 11.5 Å². The number of hydrogen-bond donors (Lipinski definition) is 2. The Hall–Kier alpha value is -3.11. The number of benzene rings is 3. The van der Waals surface area contributed by atoms with Crippen molar-refractivity contribution in [2.24, 2.45) is 0 Å². The highest BCUT2D eigenvalue weighted by Gasteiger charge is 2.08. The van der Waals surface area contributed by atoms with E-state index in [0.29, 0.717) is 24.4 Å². The second kappa shape index (κ2) is 9.55. The molecule has 4 heteroatoms. The van der Waals surface area contributed by atoms with Gasteiger partial charge >= 0.3 is 0 Å². The summed E-state index contributed by atoms with van der Waals surface area (Å²) in [4.78, 5) is 12.3. The van der Waals surface area contributed by atoms with E-state index >= 15 is 0 Å². The number of ether oxygens (including phenoxy) is 1. The Morgan fingerprint density at radius 2 is 1.59 bits per heavy atom. The molecule has 0 atom stereocenters. The number of rotatable bonds is 8. The molecule has 0 heterocycles. The van der Waals surface area contributed by atoms with Crippen LogP contribution in [0.1, 0.15) is 17.5 Å². The molecule has 0 aliphatic carbocycles. The fraction of sp³-hybridized carbons (Fsp3) is 0.174. The van der Waals surface area contributed by atoms with Crippen molar-refractivity contribution in [3.05, 3.63) is 90.0 Å². The molecule has 0 aliphatic rings. The van der Waals surface area contributed by atoms with Gasteiger partial charge in [0.1, 0.15) is 5.75 Å². The van der Waals surface area contributed by atoms with Crippen LogP contribution in [-0.2, 0) is 11.3 Å². The molecular weight excluding hydrogens is 336 g/mol. The molecule has 1 amide bonds. The Bertz CT molecular complexity index is 861. The van der Waals surface area contributed by atoms with E-state index in [0.717, 1.165) is 12.3 Å². The standard InChI is InChI=1S/C23H24N2O2/c1-18-11-13-19(14-12-18)17-24-16-15-23(26)25-21-9-5-6-10-22(21)27-20-7-3-2-4-8-20/h2-14,24H,15-17H2,1H3,(H,25,26). The summed E-state index contributed by atoms with van der Waals surface area (Å²) in [6.45, 7) is 3.43. The van der Waals surface area contributed by atoms with Gasteiger partial charge in [-0.25, -0.2) is 0 Å². The zero-order valence-corrected chi connectivity index (χ0v) is 15.4. The van der Waals surface area contributed by atoms with Gasteiger partial charge in [0.05, 0.1) is 5.69 Å². The molecule has 3 aromatic carbocycles. The summed E-state index contributed by atoms with van der Waals surface area (Å²) in [7, 11) is 0. The Kier molecular flexibility index (Phi) is 6.61. The van der Waals surface area contributed by atoms with Gasteiger partial charge in [-0.05, 0) is 36.8 Å². The number of amides is 1. The molecule has 0 spiro atoms. The molecule has 3 aromatic rings. The van der Waals surface area contributed by atoms with Crippen molar-refractivity contribution in [2.45, 2.75) is 19.9 Å². The first-order chi connectivity index (χ1) is 13.2. The Balaban J connectivity index is 1.48. The lowest BCUT2D eigenvalue weighted by Crippen LogP contribution is -2.21. The van der Waals surface area contributed by atoms with Gasteiger partial charge in [0.2, 0.25) is 5.91 Å². The molecule has 0 aliphatic heterocycles. The molecule has 2 N–H and O–H groups in total. The first-order valence-electron chi connectivity index (χ1n) is 9.09. The summed E-state index contributed by atoms with van der Waals surface area (Å²) in [5.41, 5.74) is 3.13. The molecule has 3 rings (SSSR count). The van der Waals surface area contributed by atoms with Crippen LogP contribution in [0.5, 0.6) is 11.5 Å². The van der Waals surface area contributed by atoms with Crippen molar-refractivity contribution < 1.29 is 9.53 Å². The average Bonchev–Trinajstić information content (AvgIpc) is 2.69. The van der Waals surface area contributed by atoms with E-state index < -0.39 is 0 Å². The van der Waals surface area contributed by atoms with Crippen LogP contribution in [0.3, 0.4) is 0 Å². The predicted molar refractivity (Wildman–Crippen MR) is 109 cm³/mol. The van der Waals surface area contributed by atoms with E-state index in [4.69, 9.17) is 4.74 Å². The van der Waals surface area contributed by atoms with Gasteiger partial charge < -0.3 is 15.4 Å². The zero-order chi connectivity index (χ0) is 18.9. The summed E-state index contributed by atoms with van der Waals surface area (Å²) in [5.74, 6) is 1.32. The van der Waals surface area contributed by atoms with E-state index in [-0.39, 0.29) is 5.91 Å². The van der Waals surface area contributed by atoms with Gasteiger partial charge in [-0.3, -0.25) is 4.79 Å². The maximum atomic E-state index is 12.3. The zero-order valence-electron chi connectivity index (χ0n) is 15.4. The fourth-order valence-corrected chi connectivity index (χ4v) is 2.63. The molecule has 0 aromatic heterocycles. The van der Waals surface area contributed by atoms with Crippen molar-refractivity contribution in [1.82, 2.24) is 5.32 Å². The minimum atomic E-state index is -0.0458. The molecule has 27 heavy (non-hydrogen) atoms. The van der Waals surface area contributed by atoms with E-state index in [1.54, 1.807) is 0 Å². The molecule has 0 fully saturated rings. The van der Waals surface area contributed by atoms with Crippen molar-refractivity contribution in [2.75, 3.05) is 11.9 Å². The minimum absolute atomic E-state index is 0.0458. The fourth-order valence-electron chi connectivity index (χ4n) is 2.63. The van der Waals surface area contributed by atoms with E-state index in [1.165, 1.54) is 11.1 Å². The highest BCUT2D eigenvalue weighted by atomic mass is 16.5. The SMILES string of the molecule is Cc1ccc(CNCCC(=O)Nc2ccccc2Oc2ccccc2)cc1. The van der Waals surface area contributed by atoms with Gasteiger partial charge in [0.15, 0.2) is 5.75 Å². The number of carbonyl (C=O) groups excluding carboxylic acids is 1. The van der Waals surface area contributed by atoms with Crippen LogP contribution in [0.4, 0.5) is 5.69 Å². The topological polar surface area (TPSA) is 50.4 Å². The largest absolute Gasteiger partial charge is 0.455 e. The number of carbonyl (C=O) groups is 1. The smallest absolute Gasteiger partial charge is 0.225 e. The molecule has 0 unspecified atom stereocenters. The van der Waals surface area contributed by atoms with Crippen molar-refractivity contribution in [3.63, 3.8) is 0 Å². The van der Waals surface area contributed by atoms with Gasteiger partial charge in [0, 0.05) is 19.5 Å². The lowest BCUT2D eigenvalue weighted by molar-refractivity contribution is -0.116. The predicted octanol–water partition coefficient (Wildman–Crippen LogP) is 4.91. The third-order valence-electron chi connectivity index (χ3n) is 4.11. The summed E-state index contributed by atoms with van der Waals surface area (Å²) >= 11 is 0. The second-order valence-electron chi connectivity index (χ2n) is 6.37. The molecule has 0 bridgehead atoms. The van der Waals surface area contributed by atoms with Gasteiger partial charge in [-0.15, -0.1) is 0 Å². The quantitative estimate of drug-likeness (QED) is 0.562. The maximum Gasteiger partial charge on any atom is 0.225 e. The van der Waals surface area contributed by atoms with Gasteiger partial charge in [0.25, 0.3) is 0 Å². The highest BCUT2D eigenvalue weighted by Crippen LogP contribution is 2.29. The summed E-state index contributed by atoms with van der Waals surface area (Å²) < 4.78 is 5.87. The molecule has 0 saturated heterocycles. The first kappa shape index (κ1) is 18.7. The van der Waals surface area contributed by atoms with Crippen molar-refractivity contribution >= 4 is 11.6 Å². The lowest BCUT2D eigenvalue weighted by Gasteiger charge is -2.12. The van der Waals surface area contributed by atoms with Gasteiger partial charge in [-0.1, -0.05) is 60.2 Å². The Morgan fingerprint density at radius 1 is 0.889 bits per heavy atom. The highest BCUT2D eigenvalue weighted by molar-refractivity contribution is 5.92. The second-order valence-corrected chi connectivity index (χ2v) is 6.37. The summed E-state index contributed by atoms with van der Waals surface area (Å²) in [5, 5.41) is 6.23. The third kappa shape index (κ3) is 5.97. The van der Waals surface area contributed by atoms with Crippen LogP contribution in [0.25, 0.3) is 0 Å². The van der Waals surface area contributed by atoms with Crippen LogP contribution < -0.4 is 15.4 Å². The monoisotopic (exact) mass is 360 g/mol. The molecular formula is C23H24N2O2. The Morgan fingerprint density at radius 3 is 2.37 bits per heavy atom. The average molecular weight is 360 g/mol. The first-order valence-corrected chi connectivity index (χ1v) is 9.09. The van der Waals surface area contributed by atoms with Crippen LogP contribution in [-0.4, -0.2) is 12.5 Å². The van der Waals surface area contributed by atoms with Crippen LogP contribution >= 0.6 is 0 Å². The number of nitrogens with one attached hydrogen (secondary N) is 2. The van der Waals surface area contributed by atoms with Crippen LogP contribution in [0, 0.1) is 6.92 Å². The molecule has 0 saturated carbocycles. The van der Waals surface area contributed by atoms with E-state index in [1.807, 2.05) is 54.6 Å². The van der Waals surface area contributed by atoms with Crippen LogP contribution in [0.2, 0.25) is 0 Å². The van der Waals surface area contributed by atoms with Crippen molar-refractivity contribution in [1.29, 1.82) is 0 Å². The number of para-hydroxylation sites is 3.